The quantitative estimate of drug-likeness (QED) is 0.750. The molecule has 24 heavy (non-hydrogen) atoms. The van der Waals surface area contributed by atoms with E-state index in [0.717, 1.165) is 71.7 Å². The van der Waals surface area contributed by atoms with Gasteiger partial charge in [0.15, 0.2) is 0 Å². The molecule has 3 fully saturated rings. The van der Waals surface area contributed by atoms with Gasteiger partial charge < -0.3 is 14.5 Å². The molecule has 2 heterocycles. The van der Waals surface area contributed by atoms with Gasteiger partial charge in [-0.25, -0.2) is 0 Å². The maximum Gasteiger partial charge on any atom is 0.225 e. The molecule has 2 saturated heterocycles. The van der Waals surface area contributed by atoms with E-state index in [9.17, 15) is 9.59 Å². The van der Waals surface area contributed by atoms with E-state index in [1.807, 2.05) is 9.80 Å². The van der Waals surface area contributed by atoms with Gasteiger partial charge in [0, 0.05) is 52.1 Å². The number of amides is 2. The van der Waals surface area contributed by atoms with Gasteiger partial charge in [0.05, 0.1) is 19.3 Å². The molecule has 3 rings (SSSR count). The molecular weight excluding hydrogens is 306 g/mol. The Morgan fingerprint density at radius 1 is 1.08 bits per heavy atom. The molecule has 0 N–H and O–H groups in total. The molecule has 3 aliphatic rings. The Balaban J connectivity index is 1.50. The standard InChI is InChI=1S/C18H31N3O3/c1-15(22)21(9-8-19-10-12-24-13-11-19)17-6-7-20(14-17)18(23)16-4-2-3-5-16/h16-17H,2-14H2,1H3/t17-/m0/s1. The summed E-state index contributed by atoms with van der Waals surface area (Å²) in [6, 6.07) is 0.189. The Morgan fingerprint density at radius 3 is 2.46 bits per heavy atom. The fourth-order valence-corrected chi connectivity index (χ4v) is 4.30. The Labute approximate surface area is 145 Å². The summed E-state index contributed by atoms with van der Waals surface area (Å²) in [5.41, 5.74) is 0. The first-order chi connectivity index (χ1) is 11.6. The molecule has 2 amide bonds. The lowest BCUT2D eigenvalue weighted by molar-refractivity contribution is -0.136. The van der Waals surface area contributed by atoms with E-state index in [1.165, 1.54) is 12.8 Å². The first-order valence-electron chi connectivity index (χ1n) is 9.51. The van der Waals surface area contributed by atoms with Gasteiger partial charge in [-0.3, -0.25) is 14.5 Å². The van der Waals surface area contributed by atoms with Crippen LogP contribution in [-0.2, 0) is 14.3 Å². The summed E-state index contributed by atoms with van der Waals surface area (Å²) in [5, 5.41) is 0. The molecule has 136 valence electrons. The second-order valence-electron chi connectivity index (χ2n) is 7.37. The molecule has 0 spiro atoms. The second kappa shape index (κ2) is 8.30. The van der Waals surface area contributed by atoms with Gasteiger partial charge in [0.2, 0.25) is 11.8 Å². The van der Waals surface area contributed by atoms with E-state index >= 15 is 0 Å². The average molecular weight is 337 g/mol. The highest BCUT2D eigenvalue weighted by Crippen LogP contribution is 2.28. The van der Waals surface area contributed by atoms with Gasteiger partial charge in [0.1, 0.15) is 0 Å². The monoisotopic (exact) mass is 337 g/mol. The molecule has 6 heteroatoms. The largest absolute Gasteiger partial charge is 0.379 e. The summed E-state index contributed by atoms with van der Waals surface area (Å²) in [5.74, 6) is 0.693. The van der Waals surface area contributed by atoms with E-state index in [1.54, 1.807) is 6.92 Å². The second-order valence-corrected chi connectivity index (χ2v) is 7.37. The zero-order valence-corrected chi connectivity index (χ0v) is 14.9. The van der Waals surface area contributed by atoms with E-state index in [2.05, 4.69) is 4.90 Å². The highest BCUT2D eigenvalue weighted by atomic mass is 16.5. The smallest absolute Gasteiger partial charge is 0.225 e. The number of carbonyl (C=O) groups is 2. The fraction of sp³-hybridized carbons (Fsp3) is 0.889. The number of carbonyl (C=O) groups excluding carboxylic acids is 2. The van der Waals surface area contributed by atoms with Crippen LogP contribution in [0.3, 0.4) is 0 Å². The number of ether oxygens (including phenoxy) is 1. The lowest BCUT2D eigenvalue weighted by Gasteiger charge is -2.32. The number of rotatable bonds is 5. The van der Waals surface area contributed by atoms with Crippen LogP contribution in [0.15, 0.2) is 0 Å². The highest BCUT2D eigenvalue weighted by Gasteiger charge is 2.35. The third-order valence-corrected chi connectivity index (χ3v) is 5.79. The van der Waals surface area contributed by atoms with Gasteiger partial charge in [-0.15, -0.1) is 0 Å². The minimum atomic E-state index is 0.128. The van der Waals surface area contributed by atoms with E-state index < -0.39 is 0 Å². The average Bonchev–Trinajstić information content (AvgIpc) is 3.27. The van der Waals surface area contributed by atoms with Crippen molar-refractivity contribution in [1.29, 1.82) is 0 Å². The molecule has 0 aromatic rings. The van der Waals surface area contributed by atoms with Gasteiger partial charge in [-0.05, 0) is 19.3 Å². The SMILES string of the molecule is CC(=O)N(CCN1CCOCC1)[C@H]1CCN(C(=O)C2CCCC2)C1. The molecule has 0 aromatic carbocycles. The first-order valence-corrected chi connectivity index (χ1v) is 9.51. The third-order valence-electron chi connectivity index (χ3n) is 5.79. The normalized spacial score (nSPS) is 26.0. The Morgan fingerprint density at radius 2 is 1.79 bits per heavy atom. The molecular formula is C18H31N3O3. The topological polar surface area (TPSA) is 53.1 Å². The van der Waals surface area contributed by atoms with Crippen molar-refractivity contribution in [2.45, 2.75) is 45.1 Å². The number of nitrogens with zero attached hydrogens (tertiary/aromatic N) is 3. The van der Waals surface area contributed by atoms with Gasteiger partial charge in [-0.2, -0.15) is 0 Å². The van der Waals surface area contributed by atoms with Crippen LogP contribution in [0.25, 0.3) is 0 Å². The summed E-state index contributed by atoms with van der Waals surface area (Å²) in [4.78, 5) is 31.1. The Hall–Kier alpha value is -1.14. The van der Waals surface area contributed by atoms with Crippen molar-refractivity contribution in [1.82, 2.24) is 14.7 Å². The summed E-state index contributed by atoms with van der Waals surface area (Å²) >= 11 is 0. The predicted molar refractivity (Wildman–Crippen MR) is 91.6 cm³/mol. The summed E-state index contributed by atoms with van der Waals surface area (Å²) in [6.07, 6.45) is 5.39. The van der Waals surface area contributed by atoms with E-state index in [-0.39, 0.29) is 17.9 Å². The molecule has 0 bridgehead atoms. The van der Waals surface area contributed by atoms with Crippen LogP contribution in [0.5, 0.6) is 0 Å². The number of hydrogen-bond donors (Lipinski definition) is 0. The lowest BCUT2D eigenvalue weighted by Crippen LogP contribution is -2.47. The molecule has 1 aliphatic carbocycles. The maximum atomic E-state index is 12.6. The van der Waals surface area contributed by atoms with Crippen LogP contribution >= 0.6 is 0 Å². The van der Waals surface area contributed by atoms with Crippen molar-refractivity contribution in [3.63, 3.8) is 0 Å². The number of morpholine rings is 1. The van der Waals surface area contributed by atoms with Crippen molar-refractivity contribution >= 4 is 11.8 Å². The maximum absolute atomic E-state index is 12.6. The van der Waals surface area contributed by atoms with E-state index in [0.29, 0.717) is 5.91 Å². The zero-order chi connectivity index (χ0) is 16.9. The summed E-state index contributed by atoms with van der Waals surface area (Å²) in [6.45, 7) is 8.30. The molecule has 6 nitrogen and oxygen atoms in total. The number of likely N-dealkylation sites (tertiary alicyclic amines) is 1. The minimum Gasteiger partial charge on any atom is -0.379 e. The zero-order valence-electron chi connectivity index (χ0n) is 14.9. The molecule has 0 aromatic heterocycles. The van der Waals surface area contributed by atoms with Crippen molar-refractivity contribution in [2.75, 3.05) is 52.5 Å². The van der Waals surface area contributed by atoms with Gasteiger partial charge in [0.25, 0.3) is 0 Å². The fourth-order valence-electron chi connectivity index (χ4n) is 4.30. The molecule has 0 radical (unpaired) electrons. The molecule has 1 saturated carbocycles. The van der Waals surface area contributed by atoms with Crippen LogP contribution in [0.4, 0.5) is 0 Å². The molecule has 1 atom stereocenters. The van der Waals surface area contributed by atoms with Gasteiger partial charge in [-0.1, -0.05) is 12.8 Å². The lowest BCUT2D eigenvalue weighted by atomic mass is 10.1. The van der Waals surface area contributed by atoms with Crippen molar-refractivity contribution in [3.8, 4) is 0 Å². The van der Waals surface area contributed by atoms with Crippen molar-refractivity contribution in [2.24, 2.45) is 5.92 Å². The minimum absolute atomic E-state index is 0.128. The summed E-state index contributed by atoms with van der Waals surface area (Å²) in [7, 11) is 0. The van der Waals surface area contributed by atoms with E-state index in [4.69, 9.17) is 4.74 Å². The summed E-state index contributed by atoms with van der Waals surface area (Å²) < 4.78 is 5.38. The van der Waals surface area contributed by atoms with Crippen LogP contribution in [-0.4, -0.2) is 85.0 Å². The van der Waals surface area contributed by atoms with Crippen molar-refractivity contribution < 1.29 is 14.3 Å². The van der Waals surface area contributed by atoms with Crippen LogP contribution < -0.4 is 0 Å². The number of hydrogen-bond acceptors (Lipinski definition) is 4. The van der Waals surface area contributed by atoms with Crippen LogP contribution in [0.1, 0.15) is 39.0 Å². The molecule has 2 aliphatic heterocycles. The van der Waals surface area contributed by atoms with Crippen molar-refractivity contribution in [3.05, 3.63) is 0 Å². The first kappa shape index (κ1) is 17.7. The predicted octanol–water partition coefficient (Wildman–Crippen LogP) is 0.958. The Bertz CT molecular complexity index is 445. The molecule has 0 unspecified atom stereocenters. The highest BCUT2D eigenvalue weighted by molar-refractivity contribution is 5.80. The van der Waals surface area contributed by atoms with Gasteiger partial charge >= 0.3 is 0 Å². The van der Waals surface area contributed by atoms with Crippen LogP contribution in [0, 0.1) is 5.92 Å². The third kappa shape index (κ3) is 4.28. The van der Waals surface area contributed by atoms with Crippen LogP contribution in [0.2, 0.25) is 0 Å². The Kier molecular flexibility index (Phi) is 6.11.